The average molecular weight is 328 g/mol. The van der Waals surface area contributed by atoms with Crippen LogP contribution in [0.2, 0.25) is 0 Å². The van der Waals surface area contributed by atoms with Crippen molar-refractivity contribution in [2.75, 3.05) is 7.11 Å². The van der Waals surface area contributed by atoms with Crippen LogP contribution in [0.15, 0.2) is 34.2 Å². The van der Waals surface area contributed by atoms with Gasteiger partial charge >= 0.3 is 0 Å². The van der Waals surface area contributed by atoms with Crippen LogP contribution in [0, 0.1) is 12.8 Å². The fraction of sp³-hybridized carbons (Fsp3) is 0.353. The van der Waals surface area contributed by atoms with Crippen LogP contribution in [0.25, 0.3) is 5.69 Å². The van der Waals surface area contributed by atoms with E-state index in [1.54, 1.807) is 45.2 Å². The summed E-state index contributed by atoms with van der Waals surface area (Å²) in [5, 5.41) is 7.12. The molecule has 24 heavy (non-hydrogen) atoms. The highest BCUT2D eigenvalue weighted by Crippen LogP contribution is 2.28. The number of hydrogen-bond donors (Lipinski definition) is 2. The maximum absolute atomic E-state index is 12.7. The molecule has 1 aromatic heterocycles. The van der Waals surface area contributed by atoms with Gasteiger partial charge in [0, 0.05) is 11.6 Å². The zero-order valence-electron chi connectivity index (χ0n) is 13.9. The number of ether oxygens (including phenoxy) is 1. The van der Waals surface area contributed by atoms with Gasteiger partial charge in [-0.25, -0.2) is 10.1 Å². The molecule has 7 nitrogen and oxygen atoms in total. The third-order valence-corrected chi connectivity index (χ3v) is 4.05. The largest absolute Gasteiger partial charge is 0.497 e. The molecule has 2 aromatic rings. The maximum atomic E-state index is 12.7. The average Bonchev–Trinajstić information content (AvgIpc) is 3.38. The van der Waals surface area contributed by atoms with Gasteiger partial charge in [-0.15, -0.1) is 0 Å². The van der Waals surface area contributed by atoms with Crippen molar-refractivity contribution in [1.29, 1.82) is 0 Å². The van der Waals surface area contributed by atoms with Crippen molar-refractivity contribution < 1.29 is 9.53 Å². The summed E-state index contributed by atoms with van der Waals surface area (Å²) in [5.74, 6) is 0.707. The van der Waals surface area contributed by atoms with E-state index in [2.05, 4.69) is 15.6 Å². The molecule has 0 aliphatic heterocycles. The Morgan fingerprint density at radius 2 is 2.00 bits per heavy atom. The lowest BCUT2D eigenvalue weighted by molar-refractivity contribution is -0.122. The smallest absolute Gasteiger partial charge is 0.280 e. The van der Waals surface area contributed by atoms with Crippen molar-refractivity contribution >= 4 is 11.6 Å². The molecule has 1 heterocycles. The first-order chi connectivity index (χ1) is 11.5. The van der Waals surface area contributed by atoms with Gasteiger partial charge < -0.3 is 4.74 Å². The van der Waals surface area contributed by atoms with Gasteiger partial charge in [-0.2, -0.15) is 5.10 Å². The monoisotopic (exact) mass is 328 g/mol. The number of aryl methyl sites for hydroxylation is 1. The Morgan fingerprint density at radius 1 is 1.33 bits per heavy atom. The van der Waals surface area contributed by atoms with Gasteiger partial charge in [0.15, 0.2) is 0 Å². The highest BCUT2D eigenvalue weighted by Gasteiger charge is 2.29. The minimum atomic E-state index is -0.209. The van der Waals surface area contributed by atoms with E-state index >= 15 is 0 Å². The first kappa shape index (κ1) is 16.0. The van der Waals surface area contributed by atoms with E-state index in [1.165, 1.54) is 4.68 Å². The Hall–Kier alpha value is -2.83. The predicted octanol–water partition coefficient (Wildman–Crippen LogP) is 1.73. The van der Waals surface area contributed by atoms with Gasteiger partial charge in [0.1, 0.15) is 5.75 Å². The van der Waals surface area contributed by atoms with Gasteiger partial charge in [-0.3, -0.25) is 14.7 Å². The second kappa shape index (κ2) is 6.35. The molecule has 0 radical (unpaired) electrons. The molecule has 0 atom stereocenters. The quantitative estimate of drug-likeness (QED) is 0.647. The van der Waals surface area contributed by atoms with Gasteiger partial charge in [-0.1, -0.05) is 0 Å². The van der Waals surface area contributed by atoms with Gasteiger partial charge in [-0.05, 0) is 51.0 Å². The molecule has 7 heteroatoms. The Labute approximate surface area is 139 Å². The molecule has 1 aliphatic carbocycles. The molecule has 0 bridgehead atoms. The van der Waals surface area contributed by atoms with Crippen molar-refractivity contribution in [2.45, 2.75) is 26.7 Å². The summed E-state index contributed by atoms with van der Waals surface area (Å²) in [6, 6.07) is 7.16. The second-order valence-electron chi connectivity index (χ2n) is 5.90. The van der Waals surface area contributed by atoms with Crippen LogP contribution in [-0.4, -0.2) is 28.5 Å². The number of benzene rings is 1. The Kier molecular flexibility index (Phi) is 4.24. The lowest BCUT2D eigenvalue weighted by Crippen LogP contribution is -2.24. The number of aromatic nitrogens is 2. The SMILES string of the molecule is COc1ccc(-n2[nH]c(C)c(/C(C)=N/NC(=O)C3CC3)c2=O)cc1. The third-order valence-electron chi connectivity index (χ3n) is 4.05. The molecule has 126 valence electrons. The summed E-state index contributed by atoms with van der Waals surface area (Å²) >= 11 is 0. The summed E-state index contributed by atoms with van der Waals surface area (Å²) in [5.41, 5.74) is 4.66. The third kappa shape index (κ3) is 3.10. The van der Waals surface area contributed by atoms with E-state index in [0.29, 0.717) is 22.7 Å². The standard InChI is InChI=1S/C17H20N4O3/c1-10(18-19-16(22)12-4-5-12)15-11(2)20-21(17(15)23)13-6-8-14(24-3)9-7-13/h6-9,12,20H,4-5H2,1-3H3,(H,19,22)/b18-10+. The summed E-state index contributed by atoms with van der Waals surface area (Å²) in [4.78, 5) is 24.4. The van der Waals surface area contributed by atoms with Gasteiger partial charge in [0.05, 0.1) is 24.1 Å². The number of amides is 1. The number of hydrogen-bond acceptors (Lipinski definition) is 4. The molecule has 1 amide bonds. The molecule has 1 fully saturated rings. The maximum Gasteiger partial charge on any atom is 0.280 e. The first-order valence-corrected chi connectivity index (χ1v) is 7.82. The summed E-state index contributed by atoms with van der Waals surface area (Å²) in [7, 11) is 1.59. The molecule has 1 aromatic carbocycles. The lowest BCUT2D eigenvalue weighted by Gasteiger charge is -2.03. The highest BCUT2D eigenvalue weighted by atomic mass is 16.5. The van der Waals surface area contributed by atoms with Gasteiger partial charge in [0.2, 0.25) is 5.91 Å². The molecule has 3 rings (SSSR count). The number of nitrogens with one attached hydrogen (secondary N) is 2. The topological polar surface area (TPSA) is 88.5 Å². The lowest BCUT2D eigenvalue weighted by atomic mass is 10.2. The van der Waals surface area contributed by atoms with E-state index in [9.17, 15) is 9.59 Å². The summed E-state index contributed by atoms with van der Waals surface area (Å²) < 4.78 is 6.57. The minimum absolute atomic E-state index is 0.0739. The second-order valence-corrected chi connectivity index (χ2v) is 5.90. The molecule has 0 spiro atoms. The normalized spacial score (nSPS) is 14.5. The van der Waals surface area contributed by atoms with Crippen LogP contribution in [-0.2, 0) is 4.79 Å². The molecular formula is C17H20N4O3. The highest BCUT2D eigenvalue weighted by molar-refractivity contribution is 6.00. The minimum Gasteiger partial charge on any atom is -0.497 e. The zero-order valence-corrected chi connectivity index (χ0v) is 13.9. The number of rotatable bonds is 5. The molecule has 2 N–H and O–H groups in total. The van der Waals surface area contributed by atoms with E-state index in [1.807, 2.05) is 0 Å². The Morgan fingerprint density at radius 3 is 2.58 bits per heavy atom. The van der Waals surface area contributed by atoms with E-state index < -0.39 is 0 Å². The van der Waals surface area contributed by atoms with Crippen molar-refractivity contribution in [3.05, 3.63) is 45.9 Å². The van der Waals surface area contributed by atoms with E-state index in [4.69, 9.17) is 4.74 Å². The van der Waals surface area contributed by atoms with Crippen LogP contribution in [0.4, 0.5) is 0 Å². The van der Waals surface area contributed by atoms with Gasteiger partial charge in [0.25, 0.3) is 5.56 Å². The predicted molar refractivity (Wildman–Crippen MR) is 90.8 cm³/mol. The van der Waals surface area contributed by atoms with Crippen molar-refractivity contribution in [3.63, 3.8) is 0 Å². The number of methoxy groups -OCH3 is 1. The van der Waals surface area contributed by atoms with E-state index in [-0.39, 0.29) is 17.4 Å². The Bertz CT molecular complexity index is 842. The van der Waals surface area contributed by atoms with Crippen molar-refractivity contribution in [1.82, 2.24) is 15.2 Å². The molecule has 0 unspecified atom stereocenters. The number of nitrogens with zero attached hydrogens (tertiary/aromatic N) is 2. The summed E-state index contributed by atoms with van der Waals surface area (Å²) in [6.07, 6.45) is 1.82. The van der Waals surface area contributed by atoms with Crippen LogP contribution in [0.5, 0.6) is 5.75 Å². The van der Waals surface area contributed by atoms with Crippen LogP contribution in [0.1, 0.15) is 31.0 Å². The zero-order chi connectivity index (χ0) is 17.3. The number of carbonyl (C=O) groups excluding carboxylic acids is 1. The molecule has 0 saturated heterocycles. The first-order valence-electron chi connectivity index (χ1n) is 7.82. The van der Waals surface area contributed by atoms with Crippen LogP contribution in [0.3, 0.4) is 0 Å². The molecule has 1 aliphatic rings. The van der Waals surface area contributed by atoms with Crippen molar-refractivity contribution in [2.24, 2.45) is 11.0 Å². The number of aromatic amines is 1. The van der Waals surface area contributed by atoms with Crippen molar-refractivity contribution in [3.8, 4) is 11.4 Å². The fourth-order valence-corrected chi connectivity index (χ4v) is 2.52. The molecule has 1 saturated carbocycles. The molecular weight excluding hydrogens is 308 g/mol. The van der Waals surface area contributed by atoms with Crippen LogP contribution < -0.4 is 15.7 Å². The van der Waals surface area contributed by atoms with E-state index in [0.717, 1.165) is 18.6 Å². The Balaban J connectivity index is 1.89. The summed E-state index contributed by atoms with van der Waals surface area (Å²) in [6.45, 7) is 3.52. The van der Waals surface area contributed by atoms with Crippen LogP contribution >= 0.6 is 0 Å². The number of H-pyrrole nitrogens is 1. The fourth-order valence-electron chi connectivity index (χ4n) is 2.52. The number of carbonyl (C=O) groups is 1. The number of hydrazone groups is 1.